The van der Waals surface area contributed by atoms with Gasteiger partial charge in [0.15, 0.2) is 6.10 Å². The Labute approximate surface area is 221 Å². The fourth-order valence-electron chi connectivity index (χ4n) is 5.05. The molecule has 0 saturated carbocycles. The Morgan fingerprint density at radius 3 is 2.32 bits per heavy atom. The van der Waals surface area contributed by atoms with Gasteiger partial charge in [0.05, 0.1) is 25.4 Å². The predicted molar refractivity (Wildman–Crippen MR) is 137 cm³/mol. The highest BCUT2D eigenvalue weighted by Crippen LogP contribution is 2.35. The Bertz CT molecular complexity index is 1210. The van der Waals surface area contributed by atoms with Crippen LogP contribution in [0, 0.1) is 11.8 Å². The molecule has 3 N–H and O–H groups in total. The molecule has 2 unspecified atom stereocenters. The Balaban J connectivity index is 2.11. The number of rotatable bonds is 7. The van der Waals surface area contributed by atoms with Gasteiger partial charge in [0.25, 0.3) is 0 Å². The van der Waals surface area contributed by atoms with E-state index >= 15 is 0 Å². The van der Waals surface area contributed by atoms with Gasteiger partial charge in [-0.2, -0.15) is 14.1 Å². The van der Waals surface area contributed by atoms with Crippen molar-refractivity contribution < 1.29 is 33.1 Å². The van der Waals surface area contributed by atoms with Crippen LogP contribution in [-0.4, -0.2) is 74.1 Å². The minimum Gasteiger partial charge on any atom is -0.452 e. The molecule has 2 aromatic rings. The number of imide groups is 2. The Morgan fingerprint density at radius 1 is 1.18 bits per heavy atom. The number of amides is 4. The van der Waals surface area contributed by atoms with Crippen LogP contribution in [0.5, 0.6) is 0 Å². The molecule has 208 valence electrons. The number of likely N-dealkylation sites (tertiary alicyclic amines) is 1. The van der Waals surface area contributed by atoms with Gasteiger partial charge in [0.1, 0.15) is 12.1 Å². The van der Waals surface area contributed by atoms with Crippen molar-refractivity contribution in [1.29, 1.82) is 0 Å². The molecule has 1 aromatic heterocycles. The van der Waals surface area contributed by atoms with E-state index in [2.05, 4.69) is 5.10 Å². The fraction of sp³-hybridized carbons (Fsp3) is 0.577. The summed E-state index contributed by atoms with van der Waals surface area (Å²) in [5, 5.41) is 15.5. The zero-order valence-corrected chi connectivity index (χ0v) is 22.7. The van der Waals surface area contributed by atoms with Crippen molar-refractivity contribution in [3.8, 4) is 5.69 Å². The number of aliphatic hydroxyl groups is 1. The fourth-order valence-corrected chi connectivity index (χ4v) is 5.05. The summed E-state index contributed by atoms with van der Waals surface area (Å²) in [5.74, 6) is -2.52. The molecule has 1 aliphatic heterocycles. The van der Waals surface area contributed by atoms with Crippen molar-refractivity contribution in [2.24, 2.45) is 17.6 Å². The molecule has 1 aromatic carbocycles. The second-order valence-electron chi connectivity index (χ2n) is 10.4. The minimum absolute atomic E-state index is 0.158. The van der Waals surface area contributed by atoms with E-state index in [1.54, 1.807) is 65.0 Å². The molecule has 1 saturated heterocycles. The lowest BCUT2D eigenvalue weighted by Gasteiger charge is -2.41. The van der Waals surface area contributed by atoms with Crippen LogP contribution in [0.1, 0.15) is 59.5 Å². The highest BCUT2D eigenvalue weighted by molar-refractivity contribution is 5.95. The molecule has 1 aliphatic rings. The van der Waals surface area contributed by atoms with Crippen molar-refractivity contribution in [2.45, 2.75) is 71.7 Å². The largest absolute Gasteiger partial charge is 0.452 e. The summed E-state index contributed by atoms with van der Waals surface area (Å²) in [7, 11) is 1.11. The topological polar surface area (TPSA) is 158 Å². The van der Waals surface area contributed by atoms with Gasteiger partial charge in [-0.1, -0.05) is 45.9 Å². The summed E-state index contributed by atoms with van der Waals surface area (Å²) in [6.45, 7) is 8.87. The first-order chi connectivity index (χ1) is 17.9. The lowest BCUT2D eigenvalue weighted by atomic mass is 9.96. The first kappa shape index (κ1) is 29.2. The second kappa shape index (κ2) is 11.6. The van der Waals surface area contributed by atoms with E-state index in [1.807, 2.05) is 0 Å². The first-order valence-corrected chi connectivity index (χ1v) is 12.8. The van der Waals surface area contributed by atoms with Gasteiger partial charge < -0.3 is 20.0 Å². The molecule has 12 heteroatoms. The standard InChI is InChI=1S/C26H38N5O7/c1-15(2)19(27)23(33)31(14-10-11-17(31)5)24(34)29(25(35)37-6)20(16(3)4)21(32)22-28-30(26(36)38-22)18-12-8-7-9-13-18/h7-9,12-13,15-17,19-21,32H,10-11,14,27H2,1-6H3/q+1/t17-,19+,20+,21?,31?/m1/s1. The number of aromatic nitrogens is 2. The Kier molecular flexibility index (Phi) is 8.90. The Morgan fingerprint density at radius 2 is 1.82 bits per heavy atom. The zero-order chi connectivity index (χ0) is 28.4. The number of methoxy groups -OCH3 is 1. The van der Waals surface area contributed by atoms with E-state index in [1.165, 1.54) is 0 Å². The normalized spacial score (nSPS) is 21.8. The molecule has 0 spiro atoms. The lowest BCUT2D eigenvalue weighted by molar-refractivity contribution is -0.789. The third-order valence-electron chi connectivity index (χ3n) is 7.32. The average Bonchev–Trinajstić information content (AvgIpc) is 3.48. The van der Waals surface area contributed by atoms with Crippen molar-refractivity contribution in [3.63, 3.8) is 0 Å². The van der Waals surface area contributed by atoms with Crippen molar-refractivity contribution in [2.75, 3.05) is 13.7 Å². The van der Waals surface area contributed by atoms with Crippen molar-refractivity contribution in [3.05, 3.63) is 46.8 Å². The maximum Gasteiger partial charge on any atom is 0.442 e. The van der Waals surface area contributed by atoms with Crippen LogP contribution in [0.25, 0.3) is 5.69 Å². The molecule has 12 nitrogen and oxygen atoms in total. The molecule has 4 amide bonds. The molecule has 0 bridgehead atoms. The van der Waals surface area contributed by atoms with Crippen LogP contribution in [0.15, 0.2) is 39.5 Å². The highest BCUT2D eigenvalue weighted by atomic mass is 16.5. The number of quaternary nitrogens is 1. The van der Waals surface area contributed by atoms with Crippen LogP contribution in [0.2, 0.25) is 0 Å². The summed E-state index contributed by atoms with van der Waals surface area (Å²) in [5.41, 5.74) is 6.64. The predicted octanol–water partition coefficient (Wildman–Crippen LogP) is 2.58. The van der Waals surface area contributed by atoms with E-state index in [0.717, 1.165) is 16.7 Å². The van der Waals surface area contributed by atoms with Gasteiger partial charge in [0.2, 0.25) is 5.89 Å². The number of urea groups is 1. The monoisotopic (exact) mass is 532 g/mol. The average molecular weight is 533 g/mol. The minimum atomic E-state index is -1.69. The number of ether oxygens (including phenoxy) is 1. The molecule has 38 heavy (non-hydrogen) atoms. The van der Waals surface area contributed by atoms with Crippen molar-refractivity contribution in [1.82, 2.24) is 14.7 Å². The summed E-state index contributed by atoms with van der Waals surface area (Å²) < 4.78 is 10.5. The molecule has 0 radical (unpaired) electrons. The third kappa shape index (κ3) is 5.16. The zero-order valence-electron chi connectivity index (χ0n) is 22.7. The van der Waals surface area contributed by atoms with Gasteiger partial charge in [0, 0.05) is 12.8 Å². The van der Waals surface area contributed by atoms with E-state index in [4.69, 9.17) is 14.9 Å². The number of hydrogen-bond donors (Lipinski definition) is 2. The highest BCUT2D eigenvalue weighted by Gasteiger charge is 2.59. The second-order valence-corrected chi connectivity index (χ2v) is 10.4. The number of carbonyl (C=O) groups excluding carboxylic acids is 3. The number of nitrogens with two attached hydrogens (primary N) is 1. The van der Waals surface area contributed by atoms with Gasteiger partial charge in [-0.15, -0.1) is 5.10 Å². The van der Waals surface area contributed by atoms with Crippen LogP contribution in [0.4, 0.5) is 9.59 Å². The SMILES string of the molecule is COC(=O)N(C(=O)[N+]1(C(=O)[C@@H](N)C(C)C)CCC[C@H]1C)[C@@H](C(C)C)C(O)c1nn(-c2ccccc2)c(=O)o1. The van der Waals surface area contributed by atoms with Gasteiger partial charge in [-0.25, -0.2) is 19.2 Å². The van der Waals surface area contributed by atoms with Crippen LogP contribution >= 0.6 is 0 Å². The number of para-hydroxylation sites is 1. The summed E-state index contributed by atoms with van der Waals surface area (Å²) in [6.07, 6.45) is -1.60. The molecule has 1 fully saturated rings. The van der Waals surface area contributed by atoms with E-state index in [9.17, 15) is 24.3 Å². The van der Waals surface area contributed by atoms with Crippen LogP contribution in [0.3, 0.4) is 0 Å². The maximum atomic E-state index is 14.3. The Hall–Kier alpha value is -3.35. The first-order valence-electron chi connectivity index (χ1n) is 12.8. The summed E-state index contributed by atoms with van der Waals surface area (Å²) in [6, 6.07) is 4.94. The number of hydrogen-bond acceptors (Lipinski definition) is 9. The molecule has 3 rings (SSSR count). The van der Waals surface area contributed by atoms with Gasteiger partial charge in [-0.3, -0.25) is 0 Å². The van der Waals surface area contributed by atoms with Crippen molar-refractivity contribution >= 4 is 18.0 Å². The molecular formula is C26H38N5O7+. The van der Waals surface area contributed by atoms with E-state index in [-0.39, 0.29) is 18.4 Å². The molecular weight excluding hydrogens is 494 g/mol. The van der Waals surface area contributed by atoms with E-state index in [0.29, 0.717) is 18.5 Å². The quantitative estimate of drug-likeness (QED) is 0.511. The smallest absolute Gasteiger partial charge is 0.442 e. The van der Waals surface area contributed by atoms with Crippen LogP contribution in [-0.2, 0) is 9.53 Å². The maximum absolute atomic E-state index is 14.3. The third-order valence-corrected chi connectivity index (χ3v) is 7.32. The summed E-state index contributed by atoms with van der Waals surface area (Å²) in [4.78, 5) is 54.5. The van der Waals surface area contributed by atoms with Gasteiger partial charge in [-0.05, 0) is 30.9 Å². The number of aliphatic hydroxyl groups excluding tert-OH is 1. The van der Waals surface area contributed by atoms with Crippen LogP contribution < -0.4 is 11.5 Å². The lowest BCUT2D eigenvalue weighted by Crippen LogP contribution is -2.70. The molecule has 2 heterocycles. The van der Waals surface area contributed by atoms with Gasteiger partial charge >= 0.3 is 23.8 Å². The molecule has 5 atom stereocenters. The number of carbonyl (C=O) groups is 3. The number of nitrogens with zero attached hydrogens (tertiary/aromatic N) is 4. The summed E-state index contributed by atoms with van der Waals surface area (Å²) >= 11 is 0. The molecule has 0 aliphatic carbocycles. The number of benzene rings is 1. The van der Waals surface area contributed by atoms with E-state index < -0.39 is 58.4 Å².